The number of ether oxygens (including phenoxy) is 1. The van der Waals surface area contributed by atoms with Crippen LogP contribution in [0.25, 0.3) is 0 Å². The van der Waals surface area contributed by atoms with Crippen molar-refractivity contribution in [3.63, 3.8) is 0 Å². The van der Waals surface area contributed by atoms with E-state index in [9.17, 15) is 9.18 Å². The van der Waals surface area contributed by atoms with Crippen molar-refractivity contribution in [3.8, 4) is 0 Å². The number of nitrogens with one attached hydrogen (secondary N) is 1. The molecule has 152 valence electrons. The van der Waals surface area contributed by atoms with E-state index in [1.165, 1.54) is 6.08 Å². The van der Waals surface area contributed by atoms with Crippen molar-refractivity contribution in [3.05, 3.63) is 46.6 Å². The van der Waals surface area contributed by atoms with Crippen LogP contribution in [0.5, 0.6) is 0 Å². The number of halogens is 1. The van der Waals surface area contributed by atoms with Crippen LogP contribution in [-0.4, -0.2) is 19.1 Å². The zero-order chi connectivity index (χ0) is 20.5. The van der Waals surface area contributed by atoms with E-state index in [4.69, 9.17) is 4.74 Å². The molecule has 0 unspecified atom stereocenters. The van der Waals surface area contributed by atoms with Gasteiger partial charge in [-0.15, -0.1) is 0 Å². The summed E-state index contributed by atoms with van der Waals surface area (Å²) in [4.78, 5) is 14.6. The number of amides is 1. The maximum Gasteiger partial charge on any atom is 0.224 e. The number of rotatable bonds is 3. The molecule has 2 aliphatic rings. The summed E-state index contributed by atoms with van der Waals surface area (Å²) in [6.45, 7) is 11.7. The van der Waals surface area contributed by atoms with Gasteiger partial charge in [0.05, 0.1) is 12.3 Å². The summed E-state index contributed by atoms with van der Waals surface area (Å²) in [6.07, 6.45) is 3.94. The molecule has 0 saturated carbocycles. The summed E-state index contributed by atoms with van der Waals surface area (Å²) in [5, 5.41) is 3.09. The molecule has 0 bridgehead atoms. The third kappa shape index (κ3) is 4.75. The van der Waals surface area contributed by atoms with Crippen molar-refractivity contribution in [1.82, 2.24) is 0 Å². The van der Waals surface area contributed by atoms with Crippen molar-refractivity contribution in [2.75, 3.05) is 23.4 Å². The SMILES string of the molecule is Cc1cc(N2CCCOC3=C2CCC(F)=C3)cc(C)c1NC(=O)CC(C)(C)C. The van der Waals surface area contributed by atoms with Gasteiger partial charge in [0.2, 0.25) is 5.91 Å². The predicted molar refractivity (Wildman–Crippen MR) is 112 cm³/mol. The Morgan fingerprint density at radius 3 is 2.54 bits per heavy atom. The molecule has 0 spiro atoms. The number of hydrogen-bond acceptors (Lipinski definition) is 3. The molecular formula is C23H31FN2O2. The fourth-order valence-corrected chi connectivity index (χ4v) is 3.84. The fraction of sp³-hybridized carbons (Fsp3) is 0.522. The number of anilines is 2. The Morgan fingerprint density at radius 1 is 1.21 bits per heavy atom. The molecule has 4 nitrogen and oxygen atoms in total. The van der Waals surface area contributed by atoms with Gasteiger partial charge >= 0.3 is 0 Å². The van der Waals surface area contributed by atoms with E-state index in [1.54, 1.807) is 0 Å². The topological polar surface area (TPSA) is 41.6 Å². The monoisotopic (exact) mass is 386 g/mol. The molecule has 0 radical (unpaired) electrons. The number of allylic oxidation sites excluding steroid dienone is 3. The van der Waals surface area contributed by atoms with Crippen LogP contribution in [0, 0.1) is 19.3 Å². The van der Waals surface area contributed by atoms with Gasteiger partial charge in [-0.3, -0.25) is 4.79 Å². The molecular weight excluding hydrogens is 355 g/mol. The number of nitrogens with zero attached hydrogens (tertiary/aromatic N) is 1. The van der Waals surface area contributed by atoms with Crippen LogP contribution < -0.4 is 10.2 Å². The minimum absolute atomic E-state index is 0.0347. The Balaban J connectivity index is 1.89. The predicted octanol–water partition coefficient (Wildman–Crippen LogP) is 5.76. The van der Waals surface area contributed by atoms with E-state index in [2.05, 4.69) is 43.1 Å². The highest BCUT2D eigenvalue weighted by atomic mass is 19.1. The maximum atomic E-state index is 13.7. The molecule has 1 aliphatic carbocycles. The summed E-state index contributed by atoms with van der Waals surface area (Å²) >= 11 is 0. The van der Waals surface area contributed by atoms with Crippen LogP contribution >= 0.6 is 0 Å². The van der Waals surface area contributed by atoms with Crippen molar-refractivity contribution < 1.29 is 13.9 Å². The lowest BCUT2D eigenvalue weighted by molar-refractivity contribution is -0.117. The molecule has 1 aromatic rings. The molecule has 1 amide bonds. The highest BCUT2D eigenvalue weighted by Gasteiger charge is 2.25. The lowest BCUT2D eigenvalue weighted by Gasteiger charge is -2.29. The molecule has 0 saturated heterocycles. The molecule has 1 aromatic carbocycles. The lowest BCUT2D eigenvalue weighted by Crippen LogP contribution is -2.25. The number of benzene rings is 1. The average Bonchev–Trinajstić information content (AvgIpc) is 2.78. The van der Waals surface area contributed by atoms with E-state index in [-0.39, 0.29) is 17.1 Å². The molecule has 1 N–H and O–H groups in total. The van der Waals surface area contributed by atoms with Crippen molar-refractivity contribution in [2.45, 2.75) is 60.3 Å². The number of carbonyl (C=O) groups is 1. The standard InChI is InChI=1S/C23H31FN2O2/c1-15-11-18(12-16(2)22(15)25-21(27)14-23(3,4)5)26-9-6-10-28-20-13-17(24)7-8-19(20)26/h11-13H,6-10,14H2,1-5H3,(H,25,27). The lowest BCUT2D eigenvalue weighted by atomic mass is 9.92. The van der Waals surface area contributed by atoms with Gasteiger partial charge in [-0.1, -0.05) is 20.8 Å². The number of hydrogen-bond donors (Lipinski definition) is 1. The molecule has 0 atom stereocenters. The van der Waals surface area contributed by atoms with Gasteiger partial charge in [0, 0.05) is 36.8 Å². The molecule has 28 heavy (non-hydrogen) atoms. The first kappa shape index (κ1) is 20.4. The summed E-state index contributed by atoms with van der Waals surface area (Å²) in [5.74, 6) is 0.566. The molecule has 3 rings (SSSR count). The van der Waals surface area contributed by atoms with Crippen LogP contribution in [-0.2, 0) is 9.53 Å². The second-order valence-electron chi connectivity index (χ2n) is 9.00. The quantitative estimate of drug-likeness (QED) is 0.718. The highest BCUT2D eigenvalue weighted by Crippen LogP contribution is 2.36. The smallest absolute Gasteiger partial charge is 0.224 e. The average molecular weight is 387 g/mol. The Bertz CT molecular complexity index is 810. The first-order valence-electron chi connectivity index (χ1n) is 10.0. The molecule has 0 fully saturated rings. The van der Waals surface area contributed by atoms with Crippen LogP contribution in [0.1, 0.15) is 57.6 Å². The summed E-state index contributed by atoms with van der Waals surface area (Å²) < 4.78 is 19.5. The largest absolute Gasteiger partial charge is 0.492 e. The number of carbonyl (C=O) groups excluding carboxylic acids is 1. The Kier molecular flexibility index (Phi) is 5.82. The van der Waals surface area contributed by atoms with Crippen molar-refractivity contribution >= 4 is 17.3 Å². The zero-order valence-corrected chi connectivity index (χ0v) is 17.6. The van der Waals surface area contributed by atoms with Crippen molar-refractivity contribution in [2.24, 2.45) is 5.41 Å². The fourth-order valence-electron chi connectivity index (χ4n) is 3.84. The van der Waals surface area contributed by atoms with Gasteiger partial charge in [-0.05, 0) is 55.4 Å². The van der Waals surface area contributed by atoms with Gasteiger partial charge < -0.3 is 15.0 Å². The van der Waals surface area contributed by atoms with Crippen LogP contribution in [0.4, 0.5) is 15.8 Å². The van der Waals surface area contributed by atoms with E-state index >= 15 is 0 Å². The highest BCUT2D eigenvalue weighted by molar-refractivity contribution is 5.93. The molecule has 5 heteroatoms. The second-order valence-corrected chi connectivity index (χ2v) is 9.00. The van der Waals surface area contributed by atoms with E-state index in [1.807, 2.05) is 13.8 Å². The van der Waals surface area contributed by atoms with E-state index < -0.39 is 0 Å². The summed E-state index contributed by atoms with van der Waals surface area (Å²) in [6, 6.07) is 4.20. The number of aryl methyl sites for hydroxylation is 2. The van der Waals surface area contributed by atoms with Gasteiger partial charge in [0.25, 0.3) is 0 Å². The summed E-state index contributed by atoms with van der Waals surface area (Å²) in [5.41, 5.74) is 5.00. The first-order valence-corrected chi connectivity index (χ1v) is 10.0. The van der Waals surface area contributed by atoms with Gasteiger partial charge in [0.15, 0.2) is 0 Å². The Hall–Kier alpha value is -2.30. The minimum Gasteiger partial charge on any atom is -0.492 e. The molecule has 1 aliphatic heterocycles. The third-order valence-electron chi connectivity index (χ3n) is 5.07. The normalized spacial score (nSPS) is 17.5. The molecule has 0 aromatic heterocycles. The second kappa shape index (κ2) is 7.98. The zero-order valence-electron chi connectivity index (χ0n) is 17.6. The van der Waals surface area contributed by atoms with Crippen molar-refractivity contribution in [1.29, 1.82) is 0 Å². The van der Waals surface area contributed by atoms with Gasteiger partial charge in [0.1, 0.15) is 11.6 Å². The first-order chi connectivity index (χ1) is 13.1. The van der Waals surface area contributed by atoms with Crippen LogP contribution in [0.2, 0.25) is 0 Å². The Labute approximate surface area is 167 Å². The minimum atomic E-state index is -0.120. The maximum absolute atomic E-state index is 13.7. The molecule has 1 heterocycles. The van der Waals surface area contributed by atoms with E-state index in [0.717, 1.165) is 41.2 Å². The summed E-state index contributed by atoms with van der Waals surface area (Å²) in [7, 11) is 0. The van der Waals surface area contributed by atoms with Crippen LogP contribution in [0.3, 0.4) is 0 Å². The van der Waals surface area contributed by atoms with Gasteiger partial charge in [-0.2, -0.15) is 0 Å². The third-order valence-corrected chi connectivity index (χ3v) is 5.07. The Morgan fingerprint density at radius 2 is 1.89 bits per heavy atom. The van der Waals surface area contributed by atoms with E-state index in [0.29, 0.717) is 31.6 Å². The van der Waals surface area contributed by atoms with Gasteiger partial charge in [-0.25, -0.2) is 4.39 Å². The van der Waals surface area contributed by atoms with Crippen LogP contribution in [0.15, 0.2) is 35.5 Å².